The molecule has 1 heterocycles. The van der Waals surface area contributed by atoms with E-state index in [0.29, 0.717) is 5.92 Å². The van der Waals surface area contributed by atoms with Crippen molar-refractivity contribution in [3.63, 3.8) is 0 Å². The molecule has 1 aromatic carbocycles. The van der Waals surface area contributed by atoms with E-state index in [-0.39, 0.29) is 24.0 Å². The molecule has 142 valence electrons. The third kappa shape index (κ3) is 5.83. The molecule has 0 saturated carbocycles. The summed E-state index contributed by atoms with van der Waals surface area (Å²) in [4.78, 5) is 11.3. The van der Waals surface area contributed by atoms with Gasteiger partial charge in [-0.15, -0.1) is 24.0 Å². The molecule has 6 nitrogen and oxygen atoms in total. The van der Waals surface area contributed by atoms with Crippen molar-refractivity contribution in [1.82, 2.24) is 9.80 Å². The molecule has 25 heavy (non-hydrogen) atoms. The van der Waals surface area contributed by atoms with E-state index in [1.165, 1.54) is 0 Å². The summed E-state index contributed by atoms with van der Waals surface area (Å²) in [5, 5.41) is 0. The number of nitrogens with zero attached hydrogens (tertiary/aromatic N) is 4. The highest BCUT2D eigenvalue weighted by Crippen LogP contribution is 2.31. The van der Waals surface area contributed by atoms with Gasteiger partial charge in [0.05, 0.1) is 14.2 Å². The lowest BCUT2D eigenvalue weighted by Crippen LogP contribution is -2.36. The molecule has 1 aliphatic heterocycles. The van der Waals surface area contributed by atoms with Crippen molar-refractivity contribution in [3.05, 3.63) is 18.2 Å². The van der Waals surface area contributed by atoms with Gasteiger partial charge in [0, 0.05) is 71.7 Å². The summed E-state index contributed by atoms with van der Waals surface area (Å²) in [5.41, 5.74) is 1.15. The maximum atomic E-state index is 5.38. The van der Waals surface area contributed by atoms with Crippen molar-refractivity contribution in [2.24, 2.45) is 10.9 Å². The first-order chi connectivity index (χ1) is 11.4. The van der Waals surface area contributed by atoms with Crippen molar-refractivity contribution < 1.29 is 9.47 Å². The Bertz CT molecular complexity index is 546. The summed E-state index contributed by atoms with van der Waals surface area (Å²) in [5.74, 6) is 3.23. The lowest BCUT2D eigenvalue weighted by molar-refractivity contribution is 0.394. The number of hydrogen-bond donors (Lipinski definition) is 0. The standard InChI is InChI=1S/C18H30N4O2.HI/c1-20(2)18(21(3)4)19-12-14-7-8-22(13-14)15-9-16(23-5)11-17(10-15)24-6;/h9-11,14H,7-8,12-13H2,1-6H3;1H. The van der Waals surface area contributed by atoms with Gasteiger partial charge in [-0.2, -0.15) is 0 Å². The van der Waals surface area contributed by atoms with Gasteiger partial charge in [0.15, 0.2) is 5.96 Å². The number of hydrogen-bond acceptors (Lipinski definition) is 4. The average Bonchev–Trinajstić information content (AvgIpc) is 3.02. The van der Waals surface area contributed by atoms with Gasteiger partial charge in [-0.1, -0.05) is 0 Å². The largest absolute Gasteiger partial charge is 0.497 e. The molecular formula is C18H31IN4O2. The third-order valence-electron chi connectivity index (χ3n) is 4.28. The van der Waals surface area contributed by atoms with Crippen molar-refractivity contribution in [3.8, 4) is 11.5 Å². The van der Waals surface area contributed by atoms with Crippen molar-refractivity contribution in [2.45, 2.75) is 6.42 Å². The van der Waals surface area contributed by atoms with Crippen LogP contribution in [0.3, 0.4) is 0 Å². The molecule has 0 radical (unpaired) electrons. The fourth-order valence-corrected chi connectivity index (χ4v) is 3.08. The Morgan fingerprint density at radius 1 is 1.08 bits per heavy atom. The smallest absolute Gasteiger partial charge is 0.195 e. The van der Waals surface area contributed by atoms with E-state index < -0.39 is 0 Å². The van der Waals surface area contributed by atoms with E-state index in [1.807, 2.05) is 34.3 Å². The zero-order chi connectivity index (χ0) is 17.7. The van der Waals surface area contributed by atoms with E-state index in [9.17, 15) is 0 Å². The predicted molar refractivity (Wildman–Crippen MR) is 115 cm³/mol. The molecule has 7 heteroatoms. The van der Waals surface area contributed by atoms with Crippen molar-refractivity contribution in [2.75, 3.05) is 66.9 Å². The Morgan fingerprint density at radius 2 is 1.64 bits per heavy atom. The maximum Gasteiger partial charge on any atom is 0.195 e. The molecule has 1 aromatic rings. The molecule has 1 atom stereocenters. The Hall–Kier alpha value is -1.38. The van der Waals surface area contributed by atoms with Crippen LogP contribution >= 0.6 is 24.0 Å². The molecule has 0 aliphatic carbocycles. The molecular weight excluding hydrogens is 431 g/mol. The van der Waals surface area contributed by atoms with E-state index >= 15 is 0 Å². The molecule has 0 amide bonds. The molecule has 0 aromatic heterocycles. The first-order valence-electron chi connectivity index (χ1n) is 8.31. The van der Waals surface area contributed by atoms with Gasteiger partial charge in [-0.3, -0.25) is 4.99 Å². The summed E-state index contributed by atoms with van der Waals surface area (Å²) in [6.45, 7) is 2.90. The molecule has 0 spiro atoms. The van der Waals surface area contributed by atoms with Crippen LogP contribution in [0.2, 0.25) is 0 Å². The number of halogens is 1. The Kier molecular flexibility index (Phi) is 8.61. The monoisotopic (exact) mass is 462 g/mol. The zero-order valence-corrected chi connectivity index (χ0v) is 18.5. The highest BCUT2D eigenvalue weighted by Gasteiger charge is 2.23. The Balaban J connectivity index is 0.00000312. The van der Waals surface area contributed by atoms with Crippen LogP contribution < -0.4 is 14.4 Å². The average molecular weight is 462 g/mol. The van der Waals surface area contributed by atoms with Crippen molar-refractivity contribution >= 4 is 35.6 Å². The summed E-state index contributed by atoms with van der Waals surface area (Å²) in [6.07, 6.45) is 1.15. The summed E-state index contributed by atoms with van der Waals surface area (Å²) < 4.78 is 10.8. The second kappa shape index (κ2) is 9.94. The van der Waals surface area contributed by atoms with Gasteiger partial charge in [0.1, 0.15) is 11.5 Å². The number of ether oxygens (including phenoxy) is 2. The molecule has 1 aliphatic rings. The van der Waals surface area contributed by atoms with Crippen LogP contribution in [-0.2, 0) is 0 Å². The molecule has 1 saturated heterocycles. The second-order valence-electron chi connectivity index (χ2n) is 6.60. The predicted octanol–water partition coefficient (Wildman–Crippen LogP) is 2.63. The van der Waals surface area contributed by atoms with Gasteiger partial charge >= 0.3 is 0 Å². The van der Waals surface area contributed by atoms with Gasteiger partial charge in [-0.05, 0) is 12.3 Å². The second-order valence-corrected chi connectivity index (χ2v) is 6.60. The number of rotatable bonds is 5. The maximum absolute atomic E-state index is 5.38. The highest BCUT2D eigenvalue weighted by atomic mass is 127. The van der Waals surface area contributed by atoms with E-state index in [0.717, 1.165) is 49.2 Å². The topological polar surface area (TPSA) is 40.5 Å². The minimum Gasteiger partial charge on any atom is -0.497 e. The minimum absolute atomic E-state index is 0. The van der Waals surface area contributed by atoms with E-state index in [2.05, 4.69) is 26.8 Å². The zero-order valence-electron chi connectivity index (χ0n) is 16.2. The highest BCUT2D eigenvalue weighted by molar-refractivity contribution is 14.0. The molecule has 0 N–H and O–H groups in total. The normalized spacial score (nSPS) is 16.1. The molecule has 2 rings (SSSR count). The fourth-order valence-electron chi connectivity index (χ4n) is 3.08. The number of anilines is 1. The fraction of sp³-hybridized carbons (Fsp3) is 0.611. The van der Waals surface area contributed by atoms with Crippen molar-refractivity contribution in [1.29, 1.82) is 0 Å². The summed E-state index contributed by atoms with van der Waals surface area (Å²) in [6, 6.07) is 6.04. The lowest BCUT2D eigenvalue weighted by Gasteiger charge is -2.23. The minimum atomic E-state index is 0. The van der Waals surface area contributed by atoms with Crippen LogP contribution in [0.4, 0.5) is 5.69 Å². The Labute approximate surface area is 168 Å². The first kappa shape index (κ1) is 21.7. The molecule has 1 unspecified atom stereocenters. The third-order valence-corrected chi connectivity index (χ3v) is 4.28. The van der Waals surface area contributed by atoms with E-state index in [1.54, 1.807) is 14.2 Å². The Morgan fingerprint density at radius 3 is 2.12 bits per heavy atom. The van der Waals surface area contributed by atoms with Gasteiger partial charge < -0.3 is 24.2 Å². The number of aliphatic imine (C=N–C) groups is 1. The van der Waals surface area contributed by atoms with Gasteiger partial charge in [0.2, 0.25) is 0 Å². The molecule has 1 fully saturated rings. The van der Waals surface area contributed by atoms with Crippen LogP contribution in [0.25, 0.3) is 0 Å². The molecule has 0 bridgehead atoms. The first-order valence-corrected chi connectivity index (χ1v) is 8.31. The summed E-state index contributed by atoms with van der Waals surface area (Å²) in [7, 11) is 11.5. The number of methoxy groups -OCH3 is 2. The van der Waals surface area contributed by atoms with Gasteiger partial charge in [0.25, 0.3) is 0 Å². The van der Waals surface area contributed by atoms with Crippen LogP contribution in [0.1, 0.15) is 6.42 Å². The van der Waals surface area contributed by atoms with Crippen LogP contribution in [-0.4, -0.2) is 77.8 Å². The lowest BCUT2D eigenvalue weighted by atomic mass is 10.1. The van der Waals surface area contributed by atoms with Gasteiger partial charge in [-0.25, -0.2) is 0 Å². The van der Waals surface area contributed by atoms with Crippen LogP contribution in [0.5, 0.6) is 11.5 Å². The summed E-state index contributed by atoms with van der Waals surface area (Å²) >= 11 is 0. The quantitative estimate of drug-likeness (QED) is 0.383. The SMILES string of the molecule is COc1cc(OC)cc(N2CCC(CN=C(N(C)C)N(C)C)C2)c1.I. The van der Waals surface area contributed by atoms with E-state index in [4.69, 9.17) is 14.5 Å². The van der Waals surface area contributed by atoms with Crippen LogP contribution in [0, 0.1) is 5.92 Å². The van der Waals surface area contributed by atoms with Crippen LogP contribution in [0.15, 0.2) is 23.2 Å². The number of benzene rings is 1. The number of guanidine groups is 1.